The van der Waals surface area contributed by atoms with Crippen LogP contribution < -0.4 is 0 Å². The topological polar surface area (TPSA) is 64.7 Å². The number of hydrogen-bond acceptors (Lipinski definition) is 7. The maximum atomic E-state index is 5.95. The first-order chi connectivity index (χ1) is 14.7. The summed E-state index contributed by atoms with van der Waals surface area (Å²) < 4.78 is 5.95. The zero-order valence-electron chi connectivity index (χ0n) is 16.4. The minimum atomic E-state index is -0.0325. The summed E-state index contributed by atoms with van der Waals surface area (Å²) in [6.45, 7) is 4.10. The molecule has 0 unspecified atom stereocenters. The fourth-order valence-electron chi connectivity index (χ4n) is 3.10. The van der Waals surface area contributed by atoms with Crippen molar-refractivity contribution in [2.75, 3.05) is 0 Å². The van der Waals surface area contributed by atoms with Crippen LogP contribution in [0, 0.1) is 6.92 Å². The van der Waals surface area contributed by atoms with E-state index in [4.69, 9.17) is 4.42 Å². The van der Waals surface area contributed by atoms with Crippen LogP contribution in [0.5, 0.6) is 0 Å². The Balaban J connectivity index is 1.41. The molecule has 0 spiro atoms. The maximum absolute atomic E-state index is 5.95. The van der Waals surface area contributed by atoms with Crippen LogP contribution in [-0.2, 0) is 0 Å². The van der Waals surface area contributed by atoms with Gasteiger partial charge in [0.15, 0.2) is 0 Å². The molecule has 0 amide bonds. The number of nitrogens with zero attached hydrogens (tertiary/aromatic N) is 4. The van der Waals surface area contributed by atoms with Crippen LogP contribution in [0.15, 0.2) is 76.4 Å². The normalized spacial score (nSPS) is 12.3. The van der Waals surface area contributed by atoms with E-state index in [2.05, 4.69) is 52.2 Å². The van der Waals surface area contributed by atoms with Crippen molar-refractivity contribution in [2.45, 2.75) is 24.1 Å². The first kappa shape index (κ1) is 19.0. The van der Waals surface area contributed by atoms with Crippen LogP contribution in [0.2, 0.25) is 0 Å². The van der Waals surface area contributed by atoms with E-state index in [1.807, 2.05) is 42.5 Å². The van der Waals surface area contributed by atoms with Gasteiger partial charge in [-0.2, -0.15) is 0 Å². The van der Waals surface area contributed by atoms with Gasteiger partial charge in [-0.05, 0) is 37.6 Å². The molecule has 0 aliphatic heterocycles. The summed E-state index contributed by atoms with van der Waals surface area (Å²) in [6.07, 6.45) is 1.62. The molecule has 0 aliphatic carbocycles. The van der Waals surface area contributed by atoms with Crippen molar-refractivity contribution in [2.24, 2.45) is 0 Å². The standard InChI is InChI=1S/C23H18N4OS2/c1-14-8-10-17(11-9-14)21-27-26-20(28-21)15(2)29-22-18-12-19(16-6-4-3-5-7-16)30-23(18)25-13-24-22/h3-13,15H,1-2H3/t15-/m1/s1. The molecule has 3 aromatic heterocycles. The summed E-state index contributed by atoms with van der Waals surface area (Å²) in [7, 11) is 0. The lowest BCUT2D eigenvalue weighted by molar-refractivity contribution is 0.509. The van der Waals surface area contributed by atoms with Gasteiger partial charge in [0.1, 0.15) is 16.2 Å². The molecule has 5 rings (SSSR count). The molecule has 30 heavy (non-hydrogen) atoms. The van der Waals surface area contributed by atoms with Crippen molar-refractivity contribution in [3.63, 3.8) is 0 Å². The Morgan fingerprint density at radius 3 is 2.53 bits per heavy atom. The van der Waals surface area contributed by atoms with Gasteiger partial charge in [-0.3, -0.25) is 0 Å². The Morgan fingerprint density at radius 2 is 1.73 bits per heavy atom. The lowest BCUT2D eigenvalue weighted by atomic mass is 10.1. The van der Waals surface area contributed by atoms with E-state index in [0.717, 1.165) is 20.8 Å². The highest BCUT2D eigenvalue weighted by Crippen LogP contribution is 2.40. The molecule has 0 saturated heterocycles. The van der Waals surface area contributed by atoms with Gasteiger partial charge >= 0.3 is 0 Å². The van der Waals surface area contributed by atoms with Crippen LogP contribution in [0.3, 0.4) is 0 Å². The van der Waals surface area contributed by atoms with Gasteiger partial charge in [-0.1, -0.05) is 59.8 Å². The highest BCUT2D eigenvalue weighted by molar-refractivity contribution is 7.99. The molecule has 0 saturated carbocycles. The fourth-order valence-corrected chi connectivity index (χ4v) is 5.09. The second kappa shape index (κ2) is 8.01. The highest BCUT2D eigenvalue weighted by Gasteiger charge is 2.19. The van der Waals surface area contributed by atoms with Crippen LogP contribution in [0.1, 0.15) is 23.6 Å². The van der Waals surface area contributed by atoms with Gasteiger partial charge in [0, 0.05) is 15.8 Å². The second-order valence-electron chi connectivity index (χ2n) is 6.95. The number of thioether (sulfide) groups is 1. The number of rotatable bonds is 5. The third-order valence-corrected chi connectivity index (χ3v) is 6.92. The molecule has 5 aromatic rings. The zero-order valence-corrected chi connectivity index (χ0v) is 18.1. The van der Waals surface area contributed by atoms with Crippen molar-refractivity contribution in [1.82, 2.24) is 20.2 Å². The molecule has 0 radical (unpaired) electrons. The molecule has 5 nitrogen and oxygen atoms in total. The van der Waals surface area contributed by atoms with Gasteiger partial charge in [-0.15, -0.1) is 21.5 Å². The molecule has 1 atom stereocenters. The minimum absolute atomic E-state index is 0.0325. The van der Waals surface area contributed by atoms with E-state index in [-0.39, 0.29) is 5.25 Å². The molecule has 0 N–H and O–H groups in total. The van der Waals surface area contributed by atoms with Crippen LogP contribution >= 0.6 is 23.1 Å². The lowest BCUT2D eigenvalue weighted by Gasteiger charge is -2.06. The smallest absolute Gasteiger partial charge is 0.247 e. The quantitative estimate of drug-likeness (QED) is 0.232. The van der Waals surface area contributed by atoms with Gasteiger partial charge in [0.05, 0.1) is 5.25 Å². The summed E-state index contributed by atoms with van der Waals surface area (Å²) in [5, 5.41) is 10.4. The van der Waals surface area contributed by atoms with E-state index < -0.39 is 0 Å². The predicted molar refractivity (Wildman–Crippen MR) is 122 cm³/mol. The zero-order chi connectivity index (χ0) is 20.5. The van der Waals surface area contributed by atoms with Crippen LogP contribution in [-0.4, -0.2) is 20.2 Å². The monoisotopic (exact) mass is 430 g/mol. The van der Waals surface area contributed by atoms with Crippen LogP contribution in [0.4, 0.5) is 0 Å². The Bertz CT molecular complexity index is 1300. The largest absolute Gasteiger partial charge is 0.419 e. The third-order valence-electron chi connectivity index (χ3n) is 4.73. The average Bonchev–Trinajstić information content (AvgIpc) is 3.43. The van der Waals surface area contributed by atoms with Crippen molar-refractivity contribution in [3.8, 4) is 21.9 Å². The Labute approximate surface area is 182 Å². The minimum Gasteiger partial charge on any atom is -0.419 e. The van der Waals surface area contributed by atoms with E-state index in [1.54, 1.807) is 29.4 Å². The molecular weight excluding hydrogens is 412 g/mol. The highest BCUT2D eigenvalue weighted by atomic mass is 32.2. The molecule has 0 aliphatic rings. The third kappa shape index (κ3) is 3.74. The van der Waals surface area contributed by atoms with E-state index >= 15 is 0 Å². The van der Waals surface area contributed by atoms with E-state index in [0.29, 0.717) is 11.8 Å². The number of fused-ring (bicyclic) bond motifs is 1. The molecule has 7 heteroatoms. The summed E-state index contributed by atoms with van der Waals surface area (Å²) >= 11 is 3.28. The number of aromatic nitrogens is 4. The van der Waals surface area contributed by atoms with Gasteiger partial charge in [0.2, 0.25) is 11.8 Å². The van der Waals surface area contributed by atoms with Gasteiger partial charge < -0.3 is 4.42 Å². The maximum Gasteiger partial charge on any atom is 0.247 e. The number of aryl methyl sites for hydroxylation is 1. The van der Waals surface area contributed by atoms with Crippen LogP contribution in [0.25, 0.3) is 32.1 Å². The SMILES string of the molecule is Cc1ccc(-c2nnc([C@@H](C)Sc3ncnc4sc(-c5ccccc5)cc34)o2)cc1. The summed E-state index contributed by atoms with van der Waals surface area (Å²) in [6, 6.07) is 20.6. The molecule has 0 fully saturated rings. The summed E-state index contributed by atoms with van der Waals surface area (Å²) in [5.74, 6) is 1.12. The summed E-state index contributed by atoms with van der Waals surface area (Å²) in [5.41, 5.74) is 3.30. The Hall–Kier alpha value is -3.03. The summed E-state index contributed by atoms with van der Waals surface area (Å²) in [4.78, 5) is 11.1. The molecular formula is C23H18N4OS2. The van der Waals surface area contributed by atoms with Gasteiger partial charge in [-0.25, -0.2) is 9.97 Å². The Kier molecular flexibility index (Phi) is 5.06. The van der Waals surface area contributed by atoms with Gasteiger partial charge in [0.25, 0.3) is 0 Å². The molecule has 148 valence electrons. The van der Waals surface area contributed by atoms with E-state index in [9.17, 15) is 0 Å². The average molecular weight is 431 g/mol. The number of benzene rings is 2. The number of hydrogen-bond donors (Lipinski definition) is 0. The lowest BCUT2D eigenvalue weighted by Crippen LogP contribution is -1.91. The fraction of sp³-hybridized carbons (Fsp3) is 0.130. The predicted octanol–water partition coefficient (Wildman–Crippen LogP) is 6.57. The van der Waals surface area contributed by atoms with Crippen molar-refractivity contribution < 1.29 is 4.42 Å². The number of thiophene rings is 1. The molecule has 0 bridgehead atoms. The molecule has 3 heterocycles. The second-order valence-corrected chi connectivity index (χ2v) is 9.31. The van der Waals surface area contributed by atoms with Crippen molar-refractivity contribution in [1.29, 1.82) is 0 Å². The van der Waals surface area contributed by atoms with E-state index in [1.165, 1.54) is 16.0 Å². The first-order valence-electron chi connectivity index (χ1n) is 9.54. The first-order valence-corrected chi connectivity index (χ1v) is 11.2. The molecule has 2 aromatic carbocycles. The van der Waals surface area contributed by atoms with Crippen molar-refractivity contribution >= 4 is 33.3 Å². The van der Waals surface area contributed by atoms with Crippen molar-refractivity contribution in [3.05, 3.63) is 78.4 Å². The Morgan fingerprint density at radius 1 is 0.933 bits per heavy atom.